The summed E-state index contributed by atoms with van der Waals surface area (Å²) in [5.41, 5.74) is 1.81. The summed E-state index contributed by atoms with van der Waals surface area (Å²) in [6.45, 7) is 0. The Labute approximate surface area is 109 Å². The first-order valence-electron chi connectivity index (χ1n) is 5.60. The highest BCUT2D eigenvalue weighted by Gasteiger charge is 2.00. The average Bonchev–Trinajstić information content (AvgIpc) is 2.40. The van der Waals surface area contributed by atoms with Gasteiger partial charge in [-0.3, -0.25) is 0 Å². The zero-order chi connectivity index (χ0) is 13.8. The van der Waals surface area contributed by atoms with Crippen molar-refractivity contribution < 1.29 is 20.1 Å². The Morgan fingerprint density at radius 3 is 2.00 bits per heavy atom. The highest BCUT2D eigenvalue weighted by Crippen LogP contribution is 2.25. The van der Waals surface area contributed by atoms with E-state index >= 15 is 0 Å². The van der Waals surface area contributed by atoms with Gasteiger partial charge in [0.1, 0.15) is 0 Å². The molecule has 0 bridgehead atoms. The van der Waals surface area contributed by atoms with Gasteiger partial charge in [0.05, 0.1) is 5.56 Å². The van der Waals surface area contributed by atoms with Crippen LogP contribution in [0.3, 0.4) is 0 Å². The number of benzene rings is 2. The Balaban J connectivity index is 2.17. The van der Waals surface area contributed by atoms with Crippen LogP contribution in [0.1, 0.15) is 21.5 Å². The van der Waals surface area contributed by atoms with Crippen LogP contribution in [0.15, 0.2) is 42.5 Å². The summed E-state index contributed by atoms with van der Waals surface area (Å²) in [7, 11) is 0. The maximum Gasteiger partial charge on any atom is 0.335 e. The smallest absolute Gasteiger partial charge is 0.335 e. The molecule has 0 spiro atoms. The topological polar surface area (TPSA) is 77.8 Å². The molecule has 0 saturated carbocycles. The lowest BCUT2D eigenvalue weighted by molar-refractivity contribution is 0.0697. The van der Waals surface area contributed by atoms with E-state index in [0.717, 1.165) is 11.1 Å². The molecule has 0 aliphatic heterocycles. The molecule has 4 heteroatoms. The van der Waals surface area contributed by atoms with Crippen LogP contribution in [-0.4, -0.2) is 21.3 Å². The molecule has 0 aliphatic carbocycles. The molecule has 0 aromatic heterocycles. The van der Waals surface area contributed by atoms with Crippen molar-refractivity contribution in [1.29, 1.82) is 0 Å². The van der Waals surface area contributed by atoms with Gasteiger partial charge in [-0.2, -0.15) is 0 Å². The van der Waals surface area contributed by atoms with Gasteiger partial charge >= 0.3 is 5.97 Å². The van der Waals surface area contributed by atoms with E-state index in [0.29, 0.717) is 0 Å². The fourth-order valence-electron chi connectivity index (χ4n) is 1.57. The number of carbonyl (C=O) groups is 1. The Morgan fingerprint density at radius 1 is 0.842 bits per heavy atom. The molecule has 0 fully saturated rings. The third-order valence-electron chi connectivity index (χ3n) is 2.63. The first-order valence-corrected chi connectivity index (χ1v) is 5.60. The van der Waals surface area contributed by atoms with E-state index < -0.39 is 5.97 Å². The Kier molecular flexibility index (Phi) is 3.52. The first-order chi connectivity index (χ1) is 9.06. The van der Waals surface area contributed by atoms with E-state index in [9.17, 15) is 15.0 Å². The monoisotopic (exact) mass is 256 g/mol. The zero-order valence-corrected chi connectivity index (χ0v) is 9.95. The number of aromatic carboxylic acids is 1. The van der Waals surface area contributed by atoms with E-state index in [2.05, 4.69) is 0 Å². The molecule has 0 aliphatic rings. The quantitative estimate of drug-likeness (QED) is 0.582. The minimum absolute atomic E-state index is 0.164. The van der Waals surface area contributed by atoms with Crippen LogP contribution in [0.25, 0.3) is 12.2 Å². The van der Waals surface area contributed by atoms with Crippen molar-refractivity contribution in [3.8, 4) is 11.5 Å². The highest BCUT2D eigenvalue weighted by atomic mass is 16.4. The van der Waals surface area contributed by atoms with Crippen molar-refractivity contribution in [2.45, 2.75) is 0 Å². The van der Waals surface area contributed by atoms with Crippen LogP contribution in [-0.2, 0) is 0 Å². The summed E-state index contributed by atoms with van der Waals surface area (Å²) in [4.78, 5) is 10.7. The second-order valence-corrected chi connectivity index (χ2v) is 4.01. The molecule has 0 saturated heterocycles. The number of aromatic hydroxyl groups is 2. The number of carboxylic acid groups (broad SMARTS) is 1. The largest absolute Gasteiger partial charge is 0.504 e. The molecular weight excluding hydrogens is 244 g/mol. The van der Waals surface area contributed by atoms with Crippen molar-refractivity contribution in [3.63, 3.8) is 0 Å². The third kappa shape index (κ3) is 3.13. The average molecular weight is 256 g/mol. The summed E-state index contributed by atoms with van der Waals surface area (Å²) >= 11 is 0. The lowest BCUT2D eigenvalue weighted by Gasteiger charge is -1.99. The Morgan fingerprint density at radius 2 is 1.42 bits per heavy atom. The van der Waals surface area contributed by atoms with Gasteiger partial charge in [0.25, 0.3) is 0 Å². The van der Waals surface area contributed by atoms with Gasteiger partial charge in [0.15, 0.2) is 11.5 Å². The lowest BCUT2D eigenvalue weighted by atomic mass is 10.1. The molecule has 0 radical (unpaired) electrons. The standard InChI is InChI=1S/C15H12O4/c16-13-8-5-11(9-14(13)17)2-1-10-3-6-12(7-4-10)15(18)19/h1-9,16-17H,(H,18,19)/b2-1+. The van der Waals surface area contributed by atoms with E-state index in [-0.39, 0.29) is 17.1 Å². The van der Waals surface area contributed by atoms with Gasteiger partial charge in [-0.15, -0.1) is 0 Å². The first kappa shape index (κ1) is 12.7. The van der Waals surface area contributed by atoms with Crippen LogP contribution in [0.4, 0.5) is 0 Å². The van der Waals surface area contributed by atoms with E-state index in [4.69, 9.17) is 5.11 Å². The van der Waals surface area contributed by atoms with Crippen LogP contribution in [0, 0.1) is 0 Å². The van der Waals surface area contributed by atoms with Gasteiger partial charge in [-0.05, 0) is 35.4 Å². The number of phenols is 2. The maximum absolute atomic E-state index is 10.7. The van der Waals surface area contributed by atoms with Crippen molar-refractivity contribution in [3.05, 3.63) is 59.2 Å². The van der Waals surface area contributed by atoms with Crippen LogP contribution in [0.2, 0.25) is 0 Å². The van der Waals surface area contributed by atoms with Crippen LogP contribution < -0.4 is 0 Å². The fraction of sp³-hybridized carbons (Fsp3) is 0. The molecule has 0 heterocycles. The highest BCUT2D eigenvalue weighted by molar-refractivity contribution is 5.88. The molecule has 0 unspecified atom stereocenters. The van der Waals surface area contributed by atoms with Gasteiger partial charge in [0.2, 0.25) is 0 Å². The lowest BCUT2D eigenvalue weighted by Crippen LogP contribution is -1.94. The van der Waals surface area contributed by atoms with Gasteiger partial charge < -0.3 is 15.3 Å². The van der Waals surface area contributed by atoms with Crippen LogP contribution >= 0.6 is 0 Å². The summed E-state index contributed by atoms with van der Waals surface area (Å²) in [5.74, 6) is -1.30. The molecule has 2 aromatic carbocycles. The number of rotatable bonds is 3. The molecule has 4 nitrogen and oxygen atoms in total. The van der Waals surface area contributed by atoms with E-state index in [1.165, 1.54) is 24.3 Å². The predicted octanol–water partition coefficient (Wildman–Crippen LogP) is 2.97. The number of carboxylic acids is 1. The molecule has 2 rings (SSSR count). The number of phenolic OH excluding ortho intramolecular Hbond substituents is 2. The maximum atomic E-state index is 10.7. The van der Waals surface area contributed by atoms with Crippen molar-refractivity contribution >= 4 is 18.1 Å². The minimum atomic E-state index is -0.959. The molecule has 3 N–H and O–H groups in total. The SMILES string of the molecule is O=C(O)c1ccc(/C=C/c2ccc(O)c(O)c2)cc1. The number of hydrogen-bond donors (Lipinski definition) is 3. The summed E-state index contributed by atoms with van der Waals surface area (Å²) in [6, 6.07) is 10.9. The van der Waals surface area contributed by atoms with Crippen molar-refractivity contribution in [1.82, 2.24) is 0 Å². The minimum Gasteiger partial charge on any atom is -0.504 e. The van der Waals surface area contributed by atoms with Crippen molar-refractivity contribution in [2.24, 2.45) is 0 Å². The molecule has 0 amide bonds. The molecular formula is C15H12O4. The second kappa shape index (κ2) is 5.27. The summed E-state index contributed by atoms with van der Waals surface area (Å²) < 4.78 is 0. The Bertz CT molecular complexity index is 627. The fourth-order valence-corrected chi connectivity index (χ4v) is 1.57. The zero-order valence-electron chi connectivity index (χ0n) is 9.95. The predicted molar refractivity (Wildman–Crippen MR) is 72.1 cm³/mol. The van der Waals surface area contributed by atoms with Crippen LogP contribution in [0.5, 0.6) is 11.5 Å². The van der Waals surface area contributed by atoms with Gasteiger partial charge in [-0.25, -0.2) is 4.79 Å². The second-order valence-electron chi connectivity index (χ2n) is 4.01. The van der Waals surface area contributed by atoms with Crippen molar-refractivity contribution in [2.75, 3.05) is 0 Å². The molecule has 96 valence electrons. The van der Waals surface area contributed by atoms with Gasteiger partial charge in [-0.1, -0.05) is 30.4 Å². The molecule has 0 atom stereocenters. The van der Waals surface area contributed by atoms with E-state index in [1.54, 1.807) is 30.4 Å². The molecule has 2 aromatic rings. The number of hydrogen-bond acceptors (Lipinski definition) is 3. The Hall–Kier alpha value is -2.75. The summed E-state index contributed by atoms with van der Waals surface area (Å²) in [5, 5.41) is 27.3. The third-order valence-corrected chi connectivity index (χ3v) is 2.63. The normalized spacial score (nSPS) is 10.7. The van der Waals surface area contributed by atoms with E-state index in [1.807, 2.05) is 0 Å². The molecule has 19 heavy (non-hydrogen) atoms. The summed E-state index contributed by atoms with van der Waals surface area (Å²) in [6.07, 6.45) is 3.55. The van der Waals surface area contributed by atoms with Gasteiger partial charge in [0, 0.05) is 0 Å².